The van der Waals surface area contributed by atoms with Gasteiger partial charge in [-0.3, -0.25) is 9.10 Å². The topological polar surface area (TPSA) is 66.5 Å². The maximum absolute atomic E-state index is 13.3. The number of anilines is 1. The van der Waals surface area contributed by atoms with Crippen molar-refractivity contribution in [3.63, 3.8) is 0 Å². The van der Waals surface area contributed by atoms with Crippen molar-refractivity contribution in [2.24, 2.45) is 0 Å². The van der Waals surface area contributed by atoms with Gasteiger partial charge in [-0.2, -0.15) is 0 Å². The summed E-state index contributed by atoms with van der Waals surface area (Å²) in [6.45, 7) is 1.68. The van der Waals surface area contributed by atoms with Gasteiger partial charge in [0, 0.05) is 6.04 Å². The lowest BCUT2D eigenvalue weighted by Crippen LogP contribution is -2.44. The fourth-order valence-electron chi connectivity index (χ4n) is 3.65. The standard InChI is InChI=1S/C22H28N2O3S/c1-18-10-9-13-20(16-18)24(28(26,27)21-14-7-4-8-15-21)17-22(25)23-19-11-5-2-3-6-12-19/h4,7-10,13-16,19H,2-3,5-6,11-12,17H2,1H3,(H,23,25). The summed E-state index contributed by atoms with van der Waals surface area (Å²) < 4.78 is 27.8. The van der Waals surface area contributed by atoms with Crippen molar-refractivity contribution >= 4 is 21.6 Å². The van der Waals surface area contributed by atoms with Gasteiger partial charge in [-0.15, -0.1) is 0 Å². The number of nitrogens with one attached hydrogen (secondary N) is 1. The van der Waals surface area contributed by atoms with Gasteiger partial charge in [-0.05, 0) is 49.6 Å². The van der Waals surface area contributed by atoms with Crippen LogP contribution >= 0.6 is 0 Å². The Morgan fingerprint density at radius 2 is 1.68 bits per heavy atom. The van der Waals surface area contributed by atoms with Gasteiger partial charge in [0.05, 0.1) is 10.6 Å². The number of nitrogens with zero attached hydrogens (tertiary/aromatic N) is 1. The quantitative estimate of drug-likeness (QED) is 0.745. The Kier molecular flexibility index (Phi) is 6.73. The highest BCUT2D eigenvalue weighted by atomic mass is 32.2. The summed E-state index contributed by atoms with van der Waals surface area (Å²) in [6.07, 6.45) is 6.53. The average Bonchev–Trinajstić information content (AvgIpc) is 2.95. The summed E-state index contributed by atoms with van der Waals surface area (Å²) >= 11 is 0. The number of aryl methyl sites for hydroxylation is 1. The minimum atomic E-state index is -3.84. The Morgan fingerprint density at radius 1 is 1.00 bits per heavy atom. The molecule has 1 fully saturated rings. The number of benzene rings is 2. The zero-order chi connectivity index (χ0) is 20.0. The van der Waals surface area contributed by atoms with Crippen LogP contribution in [0, 0.1) is 6.92 Å². The summed E-state index contributed by atoms with van der Waals surface area (Å²) in [6, 6.07) is 15.6. The lowest BCUT2D eigenvalue weighted by atomic mass is 10.1. The maximum Gasteiger partial charge on any atom is 0.264 e. The van der Waals surface area contributed by atoms with Crippen LogP contribution in [0.4, 0.5) is 5.69 Å². The van der Waals surface area contributed by atoms with Gasteiger partial charge < -0.3 is 5.32 Å². The second-order valence-corrected chi connectivity index (χ2v) is 9.28. The lowest BCUT2D eigenvalue weighted by molar-refractivity contribution is -0.120. The Morgan fingerprint density at radius 3 is 2.32 bits per heavy atom. The molecule has 0 atom stereocenters. The largest absolute Gasteiger partial charge is 0.352 e. The monoisotopic (exact) mass is 400 g/mol. The first kappa shape index (κ1) is 20.4. The third kappa shape index (κ3) is 5.13. The SMILES string of the molecule is Cc1cccc(N(CC(=O)NC2CCCCCC2)S(=O)(=O)c2ccccc2)c1. The van der Waals surface area contributed by atoms with Crippen LogP contribution in [-0.2, 0) is 14.8 Å². The van der Waals surface area contributed by atoms with Crippen LogP contribution in [0.3, 0.4) is 0 Å². The van der Waals surface area contributed by atoms with Gasteiger partial charge in [-0.25, -0.2) is 8.42 Å². The van der Waals surface area contributed by atoms with Crippen LogP contribution in [-0.4, -0.2) is 26.9 Å². The molecule has 28 heavy (non-hydrogen) atoms. The van der Waals surface area contributed by atoms with E-state index in [1.807, 2.05) is 13.0 Å². The van der Waals surface area contributed by atoms with Gasteiger partial charge in [0.1, 0.15) is 6.54 Å². The Balaban J connectivity index is 1.85. The molecule has 1 amide bonds. The Labute approximate surface area is 167 Å². The predicted octanol–water partition coefficient (Wildman–Crippen LogP) is 4.03. The molecule has 0 unspecified atom stereocenters. The third-order valence-electron chi connectivity index (χ3n) is 5.13. The van der Waals surface area contributed by atoms with Crippen molar-refractivity contribution < 1.29 is 13.2 Å². The Bertz CT molecular complexity index is 889. The molecular formula is C22H28N2O3S. The molecule has 0 aliphatic heterocycles. The molecule has 1 aliphatic carbocycles. The molecule has 0 aromatic heterocycles. The van der Waals surface area contributed by atoms with Gasteiger partial charge in [-0.1, -0.05) is 56.0 Å². The fourth-order valence-corrected chi connectivity index (χ4v) is 5.08. The van der Waals surface area contributed by atoms with Crippen LogP contribution in [0.1, 0.15) is 44.1 Å². The highest BCUT2D eigenvalue weighted by Crippen LogP contribution is 2.24. The minimum Gasteiger partial charge on any atom is -0.352 e. The summed E-state index contributed by atoms with van der Waals surface area (Å²) in [5.74, 6) is -0.257. The zero-order valence-corrected chi connectivity index (χ0v) is 17.1. The molecule has 2 aromatic rings. The molecule has 5 nitrogen and oxygen atoms in total. The molecule has 0 radical (unpaired) electrons. The molecule has 150 valence electrons. The Hall–Kier alpha value is -2.34. The molecule has 2 aromatic carbocycles. The molecule has 1 N–H and O–H groups in total. The molecule has 0 bridgehead atoms. The summed E-state index contributed by atoms with van der Waals surface area (Å²) in [5.41, 5.74) is 1.44. The van der Waals surface area contributed by atoms with Crippen molar-refractivity contribution in [3.8, 4) is 0 Å². The van der Waals surface area contributed by atoms with E-state index in [4.69, 9.17) is 0 Å². The molecule has 3 rings (SSSR count). The van der Waals surface area contributed by atoms with E-state index in [1.165, 1.54) is 17.1 Å². The average molecular weight is 401 g/mol. The van der Waals surface area contributed by atoms with Gasteiger partial charge in [0.15, 0.2) is 0 Å². The molecule has 6 heteroatoms. The summed E-state index contributed by atoms with van der Waals surface area (Å²) in [5, 5.41) is 3.05. The normalized spacial score (nSPS) is 15.6. The first-order valence-electron chi connectivity index (χ1n) is 9.90. The summed E-state index contributed by atoms with van der Waals surface area (Å²) in [7, 11) is -3.84. The molecule has 0 spiro atoms. The van der Waals surface area contributed by atoms with Gasteiger partial charge >= 0.3 is 0 Å². The van der Waals surface area contributed by atoms with E-state index in [1.54, 1.807) is 48.5 Å². The van der Waals surface area contributed by atoms with E-state index >= 15 is 0 Å². The number of sulfonamides is 1. The van der Waals surface area contributed by atoms with Crippen LogP contribution in [0.15, 0.2) is 59.5 Å². The predicted molar refractivity (Wildman–Crippen MR) is 112 cm³/mol. The van der Waals surface area contributed by atoms with Crippen LogP contribution in [0.2, 0.25) is 0 Å². The molecule has 0 saturated heterocycles. The third-order valence-corrected chi connectivity index (χ3v) is 6.92. The second kappa shape index (κ2) is 9.24. The van der Waals surface area contributed by atoms with Crippen LogP contribution in [0.5, 0.6) is 0 Å². The van der Waals surface area contributed by atoms with Crippen molar-refractivity contribution in [2.75, 3.05) is 10.8 Å². The van der Waals surface area contributed by atoms with Gasteiger partial charge in [0.2, 0.25) is 5.91 Å². The maximum atomic E-state index is 13.3. The first-order chi connectivity index (χ1) is 13.5. The highest BCUT2D eigenvalue weighted by Gasteiger charge is 2.28. The van der Waals surface area contributed by atoms with Crippen molar-refractivity contribution in [1.29, 1.82) is 0 Å². The lowest BCUT2D eigenvalue weighted by Gasteiger charge is -2.25. The number of carbonyl (C=O) groups excluding carboxylic acids is 1. The zero-order valence-electron chi connectivity index (χ0n) is 16.3. The minimum absolute atomic E-state index is 0.133. The van der Waals surface area contributed by atoms with Crippen LogP contribution < -0.4 is 9.62 Å². The number of hydrogen-bond donors (Lipinski definition) is 1. The highest BCUT2D eigenvalue weighted by molar-refractivity contribution is 7.92. The molecular weight excluding hydrogens is 372 g/mol. The van der Waals surface area contributed by atoms with Gasteiger partial charge in [0.25, 0.3) is 10.0 Å². The van der Waals surface area contributed by atoms with E-state index in [9.17, 15) is 13.2 Å². The van der Waals surface area contributed by atoms with E-state index < -0.39 is 10.0 Å². The smallest absolute Gasteiger partial charge is 0.264 e. The van der Waals surface area contributed by atoms with E-state index in [0.29, 0.717) is 5.69 Å². The van der Waals surface area contributed by atoms with E-state index in [-0.39, 0.29) is 23.4 Å². The number of hydrogen-bond acceptors (Lipinski definition) is 3. The van der Waals surface area contributed by atoms with Crippen molar-refractivity contribution in [1.82, 2.24) is 5.32 Å². The van der Waals surface area contributed by atoms with Crippen molar-refractivity contribution in [3.05, 3.63) is 60.2 Å². The van der Waals surface area contributed by atoms with Crippen molar-refractivity contribution in [2.45, 2.75) is 56.4 Å². The summed E-state index contributed by atoms with van der Waals surface area (Å²) in [4.78, 5) is 12.9. The number of rotatable bonds is 6. The fraction of sp³-hybridized carbons (Fsp3) is 0.409. The number of amides is 1. The van der Waals surface area contributed by atoms with Crippen LogP contribution in [0.25, 0.3) is 0 Å². The molecule has 1 saturated carbocycles. The first-order valence-corrected chi connectivity index (χ1v) is 11.3. The second-order valence-electron chi connectivity index (χ2n) is 7.42. The molecule has 1 aliphatic rings. The number of carbonyl (C=O) groups is 1. The van der Waals surface area contributed by atoms with E-state index in [0.717, 1.165) is 31.2 Å². The molecule has 0 heterocycles. The van der Waals surface area contributed by atoms with E-state index in [2.05, 4.69) is 5.32 Å².